The van der Waals surface area contributed by atoms with Crippen molar-refractivity contribution in [1.82, 2.24) is 0 Å². The smallest absolute Gasteiger partial charge is 0.0156 e. The first kappa shape index (κ1) is 7.33. The minimum atomic E-state index is 0.248. The molecule has 0 aromatic heterocycles. The zero-order valence-electron chi connectivity index (χ0n) is 7.70. The second kappa shape index (κ2) is 1.70. The van der Waals surface area contributed by atoms with Crippen molar-refractivity contribution in [2.75, 3.05) is 0 Å². The van der Waals surface area contributed by atoms with Gasteiger partial charge in [0.1, 0.15) is 0 Å². The molecule has 0 radical (unpaired) electrons. The highest BCUT2D eigenvalue weighted by Gasteiger charge is 2.59. The van der Waals surface area contributed by atoms with Gasteiger partial charge < -0.3 is 5.41 Å². The molecular formula is C10H17N. The maximum Gasteiger partial charge on any atom is 0.0156 e. The van der Waals surface area contributed by atoms with Gasteiger partial charge in [0.15, 0.2) is 0 Å². The van der Waals surface area contributed by atoms with Crippen LogP contribution in [0.4, 0.5) is 0 Å². The maximum atomic E-state index is 7.89. The molecule has 1 heteroatoms. The number of nitrogens with one attached hydrogen (secondary N) is 1. The standard InChI is InChI=1S/C10H17N/c1-9(2)7-4-5-10(9,3)8(11)6-7/h7,11H,4-6H2,1-3H3/t7?,10-/m0/s1. The van der Waals surface area contributed by atoms with E-state index in [1.165, 1.54) is 12.8 Å². The van der Waals surface area contributed by atoms with Gasteiger partial charge in [-0.1, -0.05) is 20.8 Å². The molecule has 0 aromatic carbocycles. The third kappa shape index (κ3) is 0.605. The molecule has 0 amide bonds. The molecule has 0 saturated heterocycles. The van der Waals surface area contributed by atoms with Crippen molar-refractivity contribution in [1.29, 1.82) is 5.41 Å². The molecule has 1 unspecified atom stereocenters. The summed E-state index contributed by atoms with van der Waals surface area (Å²) in [6, 6.07) is 0. The van der Waals surface area contributed by atoms with Gasteiger partial charge in [-0.25, -0.2) is 0 Å². The van der Waals surface area contributed by atoms with Crippen LogP contribution in [0.15, 0.2) is 0 Å². The average molecular weight is 151 g/mol. The molecule has 0 heterocycles. The van der Waals surface area contributed by atoms with E-state index in [2.05, 4.69) is 20.8 Å². The summed E-state index contributed by atoms with van der Waals surface area (Å²) >= 11 is 0. The van der Waals surface area contributed by atoms with E-state index in [1.54, 1.807) is 0 Å². The molecule has 2 atom stereocenters. The SMILES string of the molecule is CC1(C)C2CC[C@@]1(C)C(=N)C2. The van der Waals surface area contributed by atoms with Crippen LogP contribution in [-0.2, 0) is 0 Å². The number of fused-ring (bicyclic) bond motifs is 2. The lowest BCUT2D eigenvalue weighted by atomic mass is 9.70. The number of hydrogen-bond acceptors (Lipinski definition) is 1. The minimum Gasteiger partial charge on any atom is -0.309 e. The van der Waals surface area contributed by atoms with Crippen molar-refractivity contribution in [3.63, 3.8) is 0 Å². The van der Waals surface area contributed by atoms with Crippen LogP contribution in [-0.4, -0.2) is 5.71 Å². The van der Waals surface area contributed by atoms with E-state index < -0.39 is 0 Å². The van der Waals surface area contributed by atoms with Crippen LogP contribution < -0.4 is 0 Å². The first-order valence-corrected chi connectivity index (χ1v) is 4.56. The van der Waals surface area contributed by atoms with Crippen LogP contribution >= 0.6 is 0 Å². The Morgan fingerprint density at radius 2 is 2.00 bits per heavy atom. The zero-order valence-corrected chi connectivity index (χ0v) is 7.70. The second-order valence-corrected chi connectivity index (χ2v) is 4.97. The molecule has 11 heavy (non-hydrogen) atoms. The Kier molecular flexibility index (Phi) is 1.13. The van der Waals surface area contributed by atoms with E-state index in [4.69, 9.17) is 5.41 Å². The molecule has 0 spiro atoms. The van der Waals surface area contributed by atoms with Crippen molar-refractivity contribution < 1.29 is 0 Å². The van der Waals surface area contributed by atoms with Gasteiger partial charge in [0.25, 0.3) is 0 Å². The van der Waals surface area contributed by atoms with E-state index in [9.17, 15) is 0 Å². The highest BCUT2D eigenvalue weighted by atomic mass is 14.7. The summed E-state index contributed by atoms with van der Waals surface area (Å²) in [6.45, 7) is 6.96. The predicted octanol–water partition coefficient (Wildman–Crippen LogP) is 2.85. The van der Waals surface area contributed by atoms with Crippen molar-refractivity contribution in [2.24, 2.45) is 16.7 Å². The molecule has 2 bridgehead atoms. The van der Waals surface area contributed by atoms with Gasteiger partial charge in [-0.15, -0.1) is 0 Å². The first-order chi connectivity index (χ1) is 4.98. The fourth-order valence-electron chi connectivity index (χ4n) is 2.97. The molecule has 0 aliphatic heterocycles. The quantitative estimate of drug-likeness (QED) is 0.550. The van der Waals surface area contributed by atoms with Crippen molar-refractivity contribution in [3.05, 3.63) is 0 Å². The Balaban J connectivity index is 2.47. The maximum absolute atomic E-state index is 7.89. The molecule has 1 nitrogen and oxygen atoms in total. The van der Waals surface area contributed by atoms with Crippen LogP contribution in [0.3, 0.4) is 0 Å². The molecule has 2 aliphatic carbocycles. The Morgan fingerprint density at radius 3 is 2.18 bits per heavy atom. The Bertz CT molecular complexity index is 217. The highest BCUT2D eigenvalue weighted by Crippen LogP contribution is 2.63. The fraction of sp³-hybridized carbons (Fsp3) is 0.900. The lowest BCUT2D eigenvalue weighted by Gasteiger charge is -2.34. The predicted molar refractivity (Wildman–Crippen MR) is 47.0 cm³/mol. The van der Waals surface area contributed by atoms with E-state index in [0.717, 1.165) is 18.1 Å². The Morgan fingerprint density at radius 1 is 1.36 bits per heavy atom. The number of hydrogen-bond donors (Lipinski definition) is 1. The van der Waals surface area contributed by atoms with E-state index >= 15 is 0 Å². The Hall–Kier alpha value is -0.330. The third-order valence-corrected chi connectivity index (χ3v) is 4.55. The van der Waals surface area contributed by atoms with Gasteiger partial charge in [0, 0.05) is 11.1 Å². The highest BCUT2D eigenvalue weighted by molar-refractivity contribution is 5.91. The normalized spacial score (nSPS) is 46.8. The van der Waals surface area contributed by atoms with Gasteiger partial charge in [-0.2, -0.15) is 0 Å². The van der Waals surface area contributed by atoms with Gasteiger partial charge in [-0.3, -0.25) is 0 Å². The van der Waals surface area contributed by atoms with Gasteiger partial charge in [0.2, 0.25) is 0 Å². The second-order valence-electron chi connectivity index (χ2n) is 4.97. The van der Waals surface area contributed by atoms with Crippen LogP contribution in [0.5, 0.6) is 0 Å². The van der Waals surface area contributed by atoms with E-state index in [0.29, 0.717) is 5.41 Å². The molecule has 2 saturated carbocycles. The summed E-state index contributed by atoms with van der Waals surface area (Å²) < 4.78 is 0. The van der Waals surface area contributed by atoms with Crippen LogP contribution in [0.1, 0.15) is 40.0 Å². The summed E-state index contributed by atoms with van der Waals surface area (Å²) in [6.07, 6.45) is 3.68. The Labute approximate surface area is 68.7 Å². The molecule has 2 fully saturated rings. The summed E-state index contributed by atoms with van der Waals surface area (Å²) in [5, 5.41) is 7.89. The average Bonchev–Trinajstić information content (AvgIpc) is 2.20. The lowest BCUT2D eigenvalue weighted by molar-refractivity contribution is 0.193. The molecule has 0 aromatic rings. The molecule has 2 aliphatic rings. The minimum absolute atomic E-state index is 0.248. The van der Waals surface area contributed by atoms with Gasteiger partial charge in [-0.05, 0) is 30.6 Å². The number of rotatable bonds is 0. The van der Waals surface area contributed by atoms with Crippen LogP contribution in [0, 0.1) is 22.2 Å². The zero-order chi connectivity index (χ0) is 8.28. The lowest BCUT2D eigenvalue weighted by Crippen LogP contribution is -2.31. The first-order valence-electron chi connectivity index (χ1n) is 4.56. The summed E-state index contributed by atoms with van der Waals surface area (Å²) in [5.74, 6) is 0.806. The molecule has 2 rings (SSSR count). The summed E-state index contributed by atoms with van der Waals surface area (Å²) in [4.78, 5) is 0. The van der Waals surface area contributed by atoms with E-state index in [1.807, 2.05) is 0 Å². The van der Waals surface area contributed by atoms with Gasteiger partial charge >= 0.3 is 0 Å². The summed E-state index contributed by atoms with van der Waals surface area (Å²) in [5.41, 5.74) is 1.67. The molecule has 62 valence electrons. The topological polar surface area (TPSA) is 23.9 Å². The van der Waals surface area contributed by atoms with Crippen molar-refractivity contribution in [3.8, 4) is 0 Å². The third-order valence-electron chi connectivity index (χ3n) is 4.55. The fourth-order valence-corrected chi connectivity index (χ4v) is 2.97. The van der Waals surface area contributed by atoms with Crippen LogP contribution in [0.25, 0.3) is 0 Å². The summed E-state index contributed by atoms with van der Waals surface area (Å²) in [7, 11) is 0. The molecule has 1 N–H and O–H groups in total. The molecular weight excluding hydrogens is 134 g/mol. The van der Waals surface area contributed by atoms with Gasteiger partial charge in [0.05, 0.1) is 0 Å². The largest absolute Gasteiger partial charge is 0.309 e. The van der Waals surface area contributed by atoms with E-state index in [-0.39, 0.29) is 5.41 Å². The van der Waals surface area contributed by atoms with Crippen molar-refractivity contribution in [2.45, 2.75) is 40.0 Å². The van der Waals surface area contributed by atoms with Crippen molar-refractivity contribution >= 4 is 5.71 Å². The van der Waals surface area contributed by atoms with Crippen LogP contribution in [0.2, 0.25) is 0 Å². The monoisotopic (exact) mass is 151 g/mol.